The topological polar surface area (TPSA) is 92.4 Å². The molecule has 0 saturated heterocycles. The van der Waals surface area contributed by atoms with Gasteiger partial charge in [-0.1, -0.05) is 54.4 Å². The fourth-order valence-corrected chi connectivity index (χ4v) is 3.99. The van der Waals surface area contributed by atoms with E-state index in [2.05, 4.69) is 10.5 Å². The van der Waals surface area contributed by atoms with E-state index in [1.165, 1.54) is 11.8 Å². The molecule has 0 spiro atoms. The number of carbonyl (C=O) groups excluding carboxylic acids is 1. The smallest absolute Gasteiger partial charge is 0.329 e. The van der Waals surface area contributed by atoms with Crippen LogP contribution >= 0.6 is 11.8 Å². The monoisotopic (exact) mass is 360 g/mol. The van der Waals surface area contributed by atoms with E-state index in [-0.39, 0.29) is 5.76 Å². The maximum absolute atomic E-state index is 12.7. The van der Waals surface area contributed by atoms with E-state index in [0.29, 0.717) is 23.4 Å². The lowest BCUT2D eigenvalue weighted by Crippen LogP contribution is -2.55. The van der Waals surface area contributed by atoms with Crippen LogP contribution in [0, 0.1) is 6.92 Å². The van der Waals surface area contributed by atoms with Crippen LogP contribution in [0.4, 0.5) is 0 Å². The van der Waals surface area contributed by atoms with Crippen LogP contribution in [-0.4, -0.2) is 27.7 Å². The number of nitrogens with one attached hydrogen (secondary N) is 1. The van der Waals surface area contributed by atoms with Gasteiger partial charge in [-0.05, 0) is 31.9 Å². The first-order valence-corrected chi connectivity index (χ1v) is 9.08. The Balaban J connectivity index is 1.84. The third-order valence-corrected chi connectivity index (χ3v) is 5.64. The van der Waals surface area contributed by atoms with E-state index in [1.54, 1.807) is 6.92 Å². The van der Waals surface area contributed by atoms with Gasteiger partial charge in [0, 0.05) is 4.90 Å². The van der Waals surface area contributed by atoms with Crippen LogP contribution in [-0.2, 0) is 4.79 Å². The number of nitrogens with zero attached hydrogens (tertiary/aromatic N) is 1. The SMILES string of the molecule is Cc1noc(C(=O)NC2(C(=O)O)CCCCC2)c1Sc1ccccc1. The number of carbonyl (C=O) groups is 2. The highest BCUT2D eigenvalue weighted by atomic mass is 32.2. The predicted molar refractivity (Wildman–Crippen MR) is 92.7 cm³/mol. The molecule has 1 aromatic carbocycles. The summed E-state index contributed by atoms with van der Waals surface area (Å²) < 4.78 is 5.22. The van der Waals surface area contributed by atoms with Crippen molar-refractivity contribution < 1.29 is 19.2 Å². The van der Waals surface area contributed by atoms with Crippen molar-refractivity contribution in [3.8, 4) is 0 Å². The maximum atomic E-state index is 12.7. The van der Waals surface area contributed by atoms with Crippen LogP contribution in [0.15, 0.2) is 44.6 Å². The Labute approximate surface area is 150 Å². The molecule has 1 heterocycles. The lowest BCUT2D eigenvalue weighted by atomic mass is 9.81. The van der Waals surface area contributed by atoms with Crippen molar-refractivity contribution >= 4 is 23.6 Å². The maximum Gasteiger partial charge on any atom is 0.329 e. The summed E-state index contributed by atoms with van der Waals surface area (Å²) >= 11 is 1.38. The van der Waals surface area contributed by atoms with Crippen LogP contribution in [0.2, 0.25) is 0 Å². The Kier molecular flexibility index (Phi) is 5.13. The molecule has 2 N–H and O–H groups in total. The third-order valence-electron chi connectivity index (χ3n) is 4.45. The van der Waals surface area contributed by atoms with Crippen LogP contribution in [0.5, 0.6) is 0 Å². The number of carboxylic acid groups (broad SMARTS) is 1. The number of aryl methyl sites for hydroxylation is 1. The molecule has 1 amide bonds. The van der Waals surface area contributed by atoms with E-state index >= 15 is 0 Å². The summed E-state index contributed by atoms with van der Waals surface area (Å²) in [6.45, 7) is 1.76. The number of hydrogen-bond acceptors (Lipinski definition) is 5. The standard InChI is InChI=1S/C18H20N2O4S/c1-12-15(25-13-8-4-2-5-9-13)14(24-20-12)16(21)19-18(17(22)23)10-6-3-7-11-18/h2,4-5,8-9H,3,6-7,10-11H2,1H3,(H,19,21)(H,22,23). The van der Waals surface area contributed by atoms with Gasteiger partial charge in [-0.25, -0.2) is 4.79 Å². The second kappa shape index (κ2) is 7.31. The summed E-state index contributed by atoms with van der Waals surface area (Å²) in [7, 11) is 0. The minimum atomic E-state index is -1.22. The van der Waals surface area contributed by atoms with Gasteiger partial charge in [0.1, 0.15) is 5.54 Å². The number of rotatable bonds is 5. The molecule has 7 heteroatoms. The van der Waals surface area contributed by atoms with E-state index in [4.69, 9.17) is 4.52 Å². The van der Waals surface area contributed by atoms with Gasteiger partial charge < -0.3 is 14.9 Å². The fraction of sp³-hybridized carbons (Fsp3) is 0.389. The second-order valence-corrected chi connectivity index (χ2v) is 7.33. The zero-order valence-electron chi connectivity index (χ0n) is 13.9. The minimum Gasteiger partial charge on any atom is -0.480 e. The van der Waals surface area contributed by atoms with Crippen molar-refractivity contribution in [1.29, 1.82) is 0 Å². The molecular formula is C18H20N2O4S. The van der Waals surface area contributed by atoms with Gasteiger partial charge in [-0.15, -0.1) is 0 Å². The van der Waals surface area contributed by atoms with Crippen molar-refractivity contribution in [2.75, 3.05) is 0 Å². The highest BCUT2D eigenvalue weighted by Crippen LogP contribution is 2.34. The molecule has 1 fully saturated rings. The van der Waals surface area contributed by atoms with Crippen LogP contribution in [0.25, 0.3) is 0 Å². The highest BCUT2D eigenvalue weighted by Gasteiger charge is 2.42. The molecule has 0 radical (unpaired) electrons. The molecule has 132 valence electrons. The minimum absolute atomic E-state index is 0.0672. The Morgan fingerprint density at radius 1 is 1.20 bits per heavy atom. The van der Waals surface area contributed by atoms with Crippen molar-refractivity contribution in [3.63, 3.8) is 0 Å². The zero-order valence-corrected chi connectivity index (χ0v) is 14.8. The predicted octanol–water partition coefficient (Wildman–Crippen LogP) is 3.65. The Bertz CT molecular complexity index is 767. The molecule has 0 unspecified atom stereocenters. The molecular weight excluding hydrogens is 340 g/mol. The molecule has 25 heavy (non-hydrogen) atoms. The van der Waals surface area contributed by atoms with E-state index < -0.39 is 17.4 Å². The number of carboxylic acids is 1. The van der Waals surface area contributed by atoms with E-state index in [9.17, 15) is 14.7 Å². The normalized spacial score (nSPS) is 16.4. The largest absolute Gasteiger partial charge is 0.480 e. The van der Waals surface area contributed by atoms with Gasteiger partial charge in [0.2, 0.25) is 5.76 Å². The second-order valence-electron chi connectivity index (χ2n) is 6.24. The molecule has 0 aliphatic heterocycles. The summed E-state index contributed by atoms with van der Waals surface area (Å²) in [5.74, 6) is -1.45. The first kappa shape index (κ1) is 17.5. The van der Waals surface area contributed by atoms with Gasteiger partial charge in [0.25, 0.3) is 5.91 Å². The molecule has 1 saturated carbocycles. The van der Waals surface area contributed by atoms with Crippen molar-refractivity contribution in [3.05, 3.63) is 41.8 Å². The van der Waals surface area contributed by atoms with Gasteiger partial charge in [0.15, 0.2) is 0 Å². The van der Waals surface area contributed by atoms with Gasteiger partial charge in [-0.2, -0.15) is 0 Å². The fourth-order valence-electron chi connectivity index (χ4n) is 3.05. The lowest BCUT2D eigenvalue weighted by molar-refractivity contribution is -0.145. The summed E-state index contributed by atoms with van der Waals surface area (Å²) in [6.07, 6.45) is 3.42. The van der Waals surface area contributed by atoms with Crippen LogP contribution in [0.3, 0.4) is 0 Å². The molecule has 1 aliphatic rings. The van der Waals surface area contributed by atoms with Crippen molar-refractivity contribution in [2.45, 2.75) is 54.4 Å². The quantitative estimate of drug-likeness (QED) is 0.845. The van der Waals surface area contributed by atoms with E-state index in [0.717, 1.165) is 24.2 Å². The zero-order chi connectivity index (χ0) is 17.9. The Morgan fingerprint density at radius 3 is 2.52 bits per heavy atom. The average Bonchev–Trinajstić information content (AvgIpc) is 2.97. The number of aliphatic carboxylic acids is 1. The Morgan fingerprint density at radius 2 is 1.88 bits per heavy atom. The molecule has 1 aliphatic carbocycles. The molecule has 1 aromatic heterocycles. The molecule has 2 aromatic rings. The number of benzene rings is 1. The molecule has 0 bridgehead atoms. The third kappa shape index (κ3) is 3.71. The van der Waals surface area contributed by atoms with Crippen LogP contribution < -0.4 is 5.32 Å². The lowest BCUT2D eigenvalue weighted by Gasteiger charge is -2.33. The molecule has 6 nitrogen and oxygen atoms in total. The summed E-state index contributed by atoms with van der Waals surface area (Å²) in [5, 5.41) is 16.2. The van der Waals surface area contributed by atoms with Crippen LogP contribution in [0.1, 0.15) is 48.4 Å². The van der Waals surface area contributed by atoms with Gasteiger partial charge in [-0.3, -0.25) is 4.79 Å². The Hall–Kier alpha value is -2.28. The van der Waals surface area contributed by atoms with Gasteiger partial charge in [0.05, 0.1) is 10.6 Å². The summed E-state index contributed by atoms with van der Waals surface area (Å²) in [6, 6.07) is 9.59. The average molecular weight is 360 g/mol. The first-order chi connectivity index (χ1) is 12.0. The van der Waals surface area contributed by atoms with Gasteiger partial charge >= 0.3 is 5.97 Å². The number of amides is 1. The summed E-state index contributed by atoms with van der Waals surface area (Å²) in [5.41, 5.74) is -0.614. The van der Waals surface area contributed by atoms with E-state index in [1.807, 2.05) is 30.3 Å². The summed E-state index contributed by atoms with van der Waals surface area (Å²) in [4.78, 5) is 26.0. The number of aromatic nitrogens is 1. The number of hydrogen-bond donors (Lipinski definition) is 2. The molecule has 0 atom stereocenters. The van der Waals surface area contributed by atoms with Crippen molar-refractivity contribution in [2.24, 2.45) is 0 Å². The van der Waals surface area contributed by atoms with Crippen molar-refractivity contribution in [1.82, 2.24) is 10.5 Å². The first-order valence-electron chi connectivity index (χ1n) is 8.27. The highest BCUT2D eigenvalue weighted by molar-refractivity contribution is 7.99. The molecule has 3 rings (SSSR count).